The molecule has 1 aliphatic rings. The van der Waals surface area contributed by atoms with Gasteiger partial charge in [0.25, 0.3) is 0 Å². The molecule has 2 rings (SSSR count). The van der Waals surface area contributed by atoms with Gasteiger partial charge in [-0.15, -0.1) is 36.2 Å². The third-order valence-electron chi connectivity index (χ3n) is 2.32. The summed E-state index contributed by atoms with van der Waals surface area (Å²) in [6.07, 6.45) is -0.636. The van der Waals surface area contributed by atoms with Gasteiger partial charge >= 0.3 is 0 Å². The van der Waals surface area contributed by atoms with Crippen molar-refractivity contribution in [2.45, 2.75) is 25.2 Å². The number of alkyl halides is 1. The Kier molecular flexibility index (Phi) is 7.61. The molecule has 0 saturated carbocycles. The van der Waals surface area contributed by atoms with E-state index in [0.717, 1.165) is 5.69 Å². The van der Waals surface area contributed by atoms with Crippen molar-refractivity contribution in [2.75, 3.05) is 6.54 Å². The molecule has 1 aromatic heterocycles. The number of carbonyl (C=O) groups is 1. The summed E-state index contributed by atoms with van der Waals surface area (Å²) in [6.45, 7) is 0.687. The van der Waals surface area contributed by atoms with Gasteiger partial charge in [-0.2, -0.15) is 0 Å². The summed E-state index contributed by atoms with van der Waals surface area (Å²) in [6, 6.07) is -0.390. The second kappa shape index (κ2) is 7.81. The van der Waals surface area contributed by atoms with Crippen LogP contribution in [-0.2, 0) is 11.3 Å². The lowest BCUT2D eigenvalue weighted by Crippen LogP contribution is -2.40. The van der Waals surface area contributed by atoms with Crippen molar-refractivity contribution in [3.63, 3.8) is 0 Å². The van der Waals surface area contributed by atoms with Crippen LogP contribution in [-0.4, -0.2) is 29.6 Å². The molecule has 1 aliphatic heterocycles. The summed E-state index contributed by atoms with van der Waals surface area (Å²) in [5.41, 5.74) is 2.55. The summed E-state index contributed by atoms with van der Waals surface area (Å²) < 4.78 is 12.8. The van der Waals surface area contributed by atoms with Crippen LogP contribution in [0.1, 0.15) is 12.1 Å². The van der Waals surface area contributed by atoms with Crippen LogP contribution in [0.25, 0.3) is 0 Å². The van der Waals surface area contributed by atoms with E-state index in [2.05, 4.69) is 15.6 Å². The lowest BCUT2D eigenvalue weighted by molar-refractivity contribution is -0.123. The van der Waals surface area contributed by atoms with Crippen molar-refractivity contribution in [1.82, 2.24) is 15.6 Å². The minimum absolute atomic E-state index is 0. The topological polar surface area (TPSA) is 54.0 Å². The van der Waals surface area contributed by atoms with Gasteiger partial charge in [0.15, 0.2) is 0 Å². The van der Waals surface area contributed by atoms with Crippen molar-refractivity contribution in [3.8, 4) is 0 Å². The highest BCUT2D eigenvalue weighted by molar-refractivity contribution is 7.07. The molecule has 0 spiro atoms. The normalized spacial score (nSPS) is 22.4. The first kappa shape index (κ1) is 16.6. The number of carbonyl (C=O) groups excluding carboxylic acids is 1. The van der Waals surface area contributed by atoms with Gasteiger partial charge in [0.1, 0.15) is 6.17 Å². The monoisotopic (exact) mass is 301 g/mol. The Bertz CT molecular complexity index is 339. The standard InChI is InChI=1S/C9H12FN3OS.2ClH/c10-6-1-8(11-2-6)9(14)12-3-7-4-15-5-13-7;;/h4-6,8,11H,1-3H2,(H,12,14);2*1H/t6-,8+;;/m0../s1. The fourth-order valence-electron chi connectivity index (χ4n) is 1.52. The Labute approximate surface area is 115 Å². The smallest absolute Gasteiger partial charge is 0.237 e. The minimum atomic E-state index is -0.903. The number of nitrogens with one attached hydrogen (secondary N) is 2. The highest BCUT2D eigenvalue weighted by atomic mass is 35.5. The quantitative estimate of drug-likeness (QED) is 0.885. The number of amides is 1. The third kappa shape index (κ3) is 4.75. The van der Waals surface area contributed by atoms with Gasteiger partial charge in [-0.05, 0) is 0 Å². The Morgan fingerprint density at radius 1 is 1.65 bits per heavy atom. The Morgan fingerprint density at radius 3 is 2.94 bits per heavy atom. The number of aromatic nitrogens is 1. The SMILES string of the molecule is Cl.Cl.O=C(NCc1cscn1)[C@H]1C[C@H](F)CN1. The van der Waals surface area contributed by atoms with E-state index in [4.69, 9.17) is 0 Å². The molecular weight excluding hydrogens is 288 g/mol. The number of nitrogens with zero attached hydrogens (tertiary/aromatic N) is 1. The van der Waals surface area contributed by atoms with Crippen molar-refractivity contribution in [2.24, 2.45) is 0 Å². The molecule has 0 bridgehead atoms. The van der Waals surface area contributed by atoms with Gasteiger partial charge < -0.3 is 10.6 Å². The van der Waals surface area contributed by atoms with Crippen molar-refractivity contribution < 1.29 is 9.18 Å². The van der Waals surface area contributed by atoms with Crippen molar-refractivity contribution >= 4 is 42.1 Å². The highest BCUT2D eigenvalue weighted by Crippen LogP contribution is 2.10. The van der Waals surface area contributed by atoms with Gasteiger partial charge in [-0.3, -0.25) is 4.79 Å². The third-order valence-corrected chi connectivity index (χ3v) is 2.96. The van der Waals surface area contributed by atoms with E-state index in [0.29, 0.717) is 6.54 Å². The predicted molar refractivity (Wildman–Crippen MR) is 69.8 cm³/mol. The van der Waals surface area contributed by atoms with Gasteiger partial charge in [-0.25, -0.2) is 9.37 Å². The first-order valence-electron chi connectivity index (χ1n) is 4.78. The summed E-state index contributed by atoms with van der Waals surface area (Å²) in [5.74, 6) is -0.150. The highest BCUT2D eigenvalue weighted by Gasteiger charge is 2.28. The average molecular weight is 302 g/mol. The first-order valence-corrected chi connectivity index (χ1v) is 5.72. The molecule has 1 amide bonds. The summed E-state index contributed by atoms with van der Waals surface area (Å²) >= 11 is 1.49. The summed E-state index contributed by atoms with van der Waals surface area (Å²) in [7, 11) is 0. The van der Waals surface area contributed by atoms with Crippen LogP contribution in [0.2, 0.25) is 0 Å². The molecule has 1 saturated heterocycles. The molecule has 1 fully saturated rings. The molecule has 0 aliphatic carbocycles. The van der Waals surface area contributed by atoms with Crippen molar-refractivity contribution in [3.05, 3.63) is 16.6 Å². The zero-order valence-corrected chi connectivity index (χ0v) is 11.3. The first-order chi connectivity index (χ1) is 7.25. The molecule has 98 valence electrons. The Balaban J connectivity index is 0.00000128. The van der Waals surface area contributed by atoms with Gasteiger partial charge in [0.05, 0.1) is 23.8 Å². The van der Waals surface area contributed by atoms with Gasteiger partial charge in [0, 0.05) is 18.3 Å². The van der Waals surface area contributed by atoms with Crippen LogP contribution in [0.15, 0.2) is 10.9 Å². The van der Waals surface area contributed by atoms with Gasteiger partial charge in [0.2, 0.25) is 5.91 Å². The number of thiazole rings is 1. The van der Waals surface area contributed by atoms with Crippen LogP contribution in [0.3, 0.4) is 0 Å². The van der Waals surface area contributed by atoms with Crippen LogP contribution >= 0.6 is 36.2 Å². The lowest BCUT2D eigenvalue weighted by atomic mass is 10.2. The second-order valence-electron chi connectivity index (χ2n) is 3.49. The maximum absolute atomic E-state index is 12.8. The second-order valence-corrected chi connectivity index (χ2v) is 4.21. The Morgan fingerprint density at radius 2 is 2.41 bits per heavy atom. The molecule has 0 unspecified atom stereocenters. The van der Waals surface area contributed by atoms with Crippen LogP contribution < -0.4 is 10.6 Å². The van der Waals surface area contributed by atoms with Crippen LogP contribution in [0, 0.1) is 0 Å². The number of halogens is 3. The largest absolute Gasteiger partial charge is 0.349 e. The molecule has 0 radical (unpaired) electrons. The fraction of sp³-hybridized carbons (Fsp3) is 0.556. The van der Waals surface area contributed by atoms with E-state index in [1.54, 1.807) is 5.51 Å². The molecule has 17 heavy (non-hydrogen) atoms. The maximum Gasteiger partial charge on any atom is 0.237 e. The molecule has 2 atom stereocenters. The number of hydrogen-bond donors (Lipinski definition) is 2. The van der Waals surface area contributed by atoms with E-state index in [1.807, 2.05) is 5.38 Å². The van der Waals surface area contributed by atoms with Crippen molar-refractivity contribution in [1.29, 1.82) is 0 Å². The molecule has 1 aromatic rings. The summed E-state index contributed by atoms with van der Waals surface area (Å²) in [5, 5.41) is 7.43. The average Bonchev–Trinajstić information content (AvgIpc) is 2.84. The van der Waals surface area contributed by atoms with E-state index in [1.165, 1.54) is 11.3 Å². The molecular formula is C9H14Cl2FN3OS. The zero-order chi connectivity index (χ0) is 10.7. The molecule has 4 nitrogen and oxygen atoms in total. The molecule has 2 N–H and O–H groups in total. The van der Waals surface area contributed by atoms with Crippen LogP contribution in [0.4, 0.5) is 4.39 Å². The summed E-state index contributed by atoms with van der Waals surface area (Å²) in [4.78, 5) is 15.6. The van der Waals surface area contributed by atoms with E-state index >= 15 is 0 Å². The van der Waals surface area contributed by atoms with E-state index in [9.17, 15) is 9.18 Å². The van der Waals surface area contributed by atoms with Crippen LogP contribution in [0.5, 0.6) is 0 Å². The molecule has 2 heterocycles. The molecule has 8 heteroatoms. The van der Waals surface area contributed by atoms with Gasteiger partial charge in [-0.1, -0.05) is 0 Å². The fourth-order valence-corrected chi connectivity index (χ4v) is 2.08. The zero-order valence-electron chi connectivity index (χ0n) is 8.89. The minimum Gasteiger partial charge on any atom is -0.349 e. The Hall–Kier alpha value is -0.430. The molecule has 0 aromatic carbocycles. The number of hydrogen-bond acceptors (Lipinski definition) is 4. The maximum atomic E-state index is 12.8. The lowest BCUT2D eigenvalue weighted by Gasteiger charge is -2.09. The van der Waals surface area contributed by atoms with E-state index < -0.39 is 12.2 Å². The number of rotatable bonds is 3. The van der Waals surface area contributed by atoms with E-state index in [-0.39, 0.29) is 43.7 Å². The predicted octanol–water partition coefficient (Wildman–Crippen LogP) is 1.30.